The molecule has 0 bridgehead atoms. The molecule has 0 aliphatic rings. The minimum atomic E-state index is 0.000600. The molecule has 0 aromatic heterocycles. The highest BCUT2D eigenvalue weighted by molar-refractivity contribution is 14.1. The Bertz CT molecular complexity index is 785. The molecular formula is C21H24INO4S. The molecule has 0 saturated heterocycles. The molecule has 0 spiro atoms. The fraction of sp³-hybridized carbons (Fsp3) is 0.333. The Labute approximate surface area is 183 Å². The van der Waals surface area contributed by atoms with Gasteiger partial charge in [-0.1, -0.05) is 18.2 Å². The van der Waals surface area contributed by atoms with Crippen LogP contribution in [0.1, 0.15) is 12.0 Å². The van der Waals surface area contributed by atoms with Crippen molar-refractivity contribution in [1.29, 1.82) is 0 Å². The van der Waals surface area contributed by atoms with Gasteiger partial charge in [0.25, 0.3) is 0 Å². The summed E-state index contributed by atoms with van der Waals surface area (Å²) in [7, 11) is 3.16. The molecule has 0 atom stereocenters. The SMILES string of the molecule is COc1cc(I)c(CC(=O)N(CCC=O)CCSc2ccccc2)cc1OC. The highest BCUT2D eigenvalue weighted by atomic mass is 127. The Morgan fingerprint density at radius 3 is 2.43 bits per heavy atom. The number of ether oxygens (including phenoxy) is 2. The van der Waals surface area contributed by atoms with E-state index in [0.29, 0.717) is 31.0 Å². The summed E-state index contributed by atoms with van der Waals surface area (Å²) in [6.45, 7) is 1.03. The van der Waals surface area contributed by atoms with Gasteiger partial charge in [0, 0.05) is 33.7 Å². The molecule has 1 amide bonds. The van der Waals surface area contributed by atoms with Crippen molar-refractivity contribution in [1.82, 2.24) is 4.90 Å². The first-order valence-electron chi connectivity index (χ1n) is 8.88. The number of carbonyl (C=O) groups is 2. The largest absolute Gasteiger partial charge is 0.493 e. The smallest absolute Gasteiger partial charge is 0.227 e. The molecule has 28 heavy (non-hydrogen) atoms. The third kappa shape index (κ3) is 6.70. The first kappa shape index (κ1) is 22.5. The van der Waals surface area contributed by atoms with Gasteiger partial charge in [0.05, 0.1) is 20.6 Å². The van der Waals surface area contributed by atoms with Crippen LogP contribution in [0, 0.1) is 3.57 Å². The summed E-state index contributed by atoms with van der Waals surface area (Å²) in [5.74, 6) is 2.02. The molecule has 0 saturated carbocycles. The minimum Gasteiger partial charge on any atom is -0.493 e. The molecule has 2 aromatic rings. The van der Waals surface area contributed by atoms with Gasteiger partial charge in [-0.15, -0.1) is 11.8 Å². The number of halogens is 1. The van der Waals surface area contributed by atoms with E-state index in [9.17, 15) is 9.59 Å². The van der Waals surface area contributed by atoms with Gasteiger partial charge >= 0.3 is 0 Å². The van der Waals surface area contributed by atoms with Crippen LogP contribution in [0.4, 0.5) is 0 Å². The number of benzene rings is 2. The predicted molar refractivity (Wildman–Crippen MR) is 120 cm³/mol. The molecular weight excluding hydrogens is 489 g/mol. The third-order valence-electron chi connectivity index (χ3n) is 4.14. The standard InChI is InChI=1S/C21H24INO4S/c1-26-19-13-16(18(22)15-20(19)27-2)14-21(25)23(9-6-11-24)10-12-28-17-7-4-3-5-8-17/h3-5,7-8,11,13,15H,6,9-10,12,14H2,1-2H3. The maximum atomic E-state index is 12.9. The molecule has 2 aromatic carbocycles. The van der Waals surface area contributed by atoms with Crippen molar-refractivity contribution in [2.24, 2.45) is 0 Å². The Morgan fingerprint density at radius 1 is 1.11 bits per heavy atom. The van der Waals surface area contributed by atoms with Crippen LogP contribution in [0.5, 0.6) is 11.5 Å². The predicted octanol–water partition coefficient (Wildman–Crippen LogP) is 4.06. The molecule has 0 N–H and O–H groups in total. The van der Waals surface area contributed by atoms with Crippen LogP contribution < -0.4 is 9.47 Å². The number of aldehydes is 1. The van der Waals surface area contributed by atoms with E-state index < -0.39 is 0 Å². The van der Waals surface area contributed by atoms with Crippen molar-refractivity contribution in [2.45, 2.75) is 17.7 Å². The number of amides is 1. The van der Waals surface area contributed by atoms with Crippen LogP contribution in [-0.4, -0.2) is 50.2 Å². The van der Waals surface area contributed by atoms with Crippen molar-refractivity contribution >= 4 is 46.5 Å². The summed E-state index contributed by atoms with van der Waals surface area (Å²) in [5.41, 5.74) is 0.884. The van der Waals surface area contributed by atoms with Crippen LogP contribution in [0.2, 0.25) is 0 Å². The second-order valence-corrected chi connectivity index (χ2v) is 8.30. The molecule has 0 fully saturated rings. The topological polar surface area (TPSA) is 55.8 Å². The van der Waals surface area contributed by atoms with Crippen molar-refractivity contribution in [3.63, 3.8) is 0 Å². The Kier molecular flexibility index (Phi) is 9.63. The van der Waals surface area contributed by atoms with Gasteiger partial charge in [-0.3, -0.25) is 4.79 Å². The highest BCUT2D eigenvalue weighted by Gasteiger charge is 2.17. The van der Waals surface area contributed by atoms with Crippen molar-refractivity contribution in [3.05, 3.63) is 51.6 Å². The van der Waals surface area contributed by atoms with E-state index in [1.54, 1.807) is 30.9 Å². The minimum absolute atomic E-state index is 0.000600. The van der Waals surface area contributed by atoms with Crippen LogP contribution in [0.15, 0.2) is 47.4 Å². The molecule has 0 radical (unpaired) electrons. The highest BCUT2D eigenvalue weighted by Crippen LogP contribution is 2.31. The van der Waals surface area contributed by atoms with Crippen molar-refractivity contribution in [3.8, 4) is 11.5 Å². The molecule has 7 heteroatoms. The average Bonchev–Trinajstić information content (AvgIpc) is 2.72. The van der Waals surface area contributed by atoms with E-state index in [0.717, 1.165) is 21.2 Å². The number of thioether (sulfide) groups is 1. The zero-order valence-corrected chi connectivity index (χ0v) is 19.0. The van der Waals surface area contributed by atoms with E-state index in [2.05, 4.69) is 22.6 Å². The third-order valence-corrected chi connectivity index (χ3v) is 6.13. The molecule has 0 aliphatic heterocycles. The van der Waals surface area contributed by atoms with Crippen molar-refractivity contribution in [2.75, 3.05) is 33.1 Å². The number of nitrogens with zero attached hydrogens (tertiary/aromatic N) is 1. The number of methoxy groups -OCH3 is 2. The summed E-state index contributed by atoms with van der Waals surface area (Å²) in [6, 6.07) is 13.8. The molecule has 0 unspecified atom stereocenters. The summed E-state index contributed by atoms with van der Waals surface area (Å²) < 4.78 is 11.6. The summed E-state index contributed by atoms with van der Waals surface area (Å²) in [5, 5.41) is 0. The number of carbonyl (C=O) groups excluding carboxylic acids is 2. The van der Waals surface area contributed by atoms with E-state index >= 15 is 0 Å². The molecule has 150 valence electrons. The van der Waals surface area contributed by atoms with E-state index in [4.69, 9.17) is 9.47 Å². The first-order valence-corrected chi connectivity index (χ1v) is 10.9. The Morgan fingerprint density at radius 2 is 1.79 bits per heavy atom. The first-order chi connectivity index (χ1) is 13.6. The Hall–Kier alpha value is -1.74. The van der Waals surface area contributed by atoms with Gasteiger partial charge < -0.3 is 19.2 Å². The zero-order chi connectivity index (χ0) is 20.4. The molecule has 0 heterocycles. The maximum absolute atomic E-state index is 12.9. The zero-order valence-electron chi connectivity index (χ0n) is 16.0. The second kappa shape index (κ2) is 12.0. The monoisotopic (exact) mass is 513 g/mol. The Balaban J connectivity index is 2.04. The lowest BCUT2D eigenvalue weighted by molar-refractivity contribution is -0.130. The fourth-order valence-electron chi connectivity index (χ4n) is 2.67. The summed E-state index contributed by atoms with van der Waals surface area (Å²) in [4.78, 5) is 26.6. The van der Waals surface area contributed by atoms with Gasteiger partial charge in [-0.05, 0) is 52.4 Å². The van der Waals surface area contributed by atoms with Crippen molar-refractivity contribution < 1.29 is 19.1 Å². The number of rotatable bonds is 11. The van der Waals surface area contributed by atoms with E-state index in [-0.39, 0.29) is 12.3 Å². The second-order valence-electron chi connectivity index (χ2n) is 5.97. The lowest BCUT2D eigenvalue weighted by atomic mass is 10.1. The van der Waals surface area contributed by atoms with Crippen LogP contribution in [-0.2, 0) is 16.0 Å². The maximum Gasteiger partial charge on any atom is 0.227 e. The van der Waals surface area contributed by atoms with Gasteiger partial charge in [-0.2, -0.15) is 0 Å². The average molecular weight is 513 g/mol. The van der Waals surface area contributed by atoms with Crippen LogP contribution in [0.25, 0.3) is 0 Å². The lowest BCUT2D eigenvalue weighted by Gasteiger charge is -2.22. The molecule has 2 rings (SSSR count). The van der Waals surface area contributed by atoms with E-state index in [1.165, 1.54) is 4.90 Å². The van der Waals surface area contributed by atoms with Gasteiger partial charge in [-0.25, -0.2) is 0 Å². The van der Waals surface area contributed by atoms with Crippen LogP contribution in [0.3, 0.4) is 0 Å². The summed E-state index contributed by atoms with van der Waals surface area (Å²) in [6.07, 6.45) is 1.45. The van der Waals surface area contributed by atoms with Gasteiger partial charge in [0.1, 0.15) is 6.29 Å². The quantitative estimate of drug-likeness (QED) is 0.258. The van der Waals surface area contributed by atoms with Gasteiger partial charge in [0.2, 0.25) is 5.91 Å². The summed E-state index contributed by atoms with van der Waals surface area (Å²) >= 11 is 3.90. The molecule has 0 aliphatic carbocycles. The number of hydrogen-bond donors (Lipinski definition) is 0. The van der Waals surface area contributed by atoms with Crippen LogP contribution >= 0.6 is 34.4 Å². The number of hydrogen-bond acceptors (Lipinski definition) is 5. The van der Waals surface area contributed by atoms with E-state index in [1.807, 2.05) is 42.5 Å². The normalized spacial score (nSPS) is 10.4. The van der Waals surface area contributed by atoms with Gasteiger partial charge in [0.15, 0.2) is 11.5 Å². The lowest BCUT2D eigenvalue weighted by Crippen LogP contribution is -2.35. The fourth-order valence-corrected chi connectivity index (χ4v) is 4.19. The molecule has 5 nitrogen and oxygen atoms in total.